The number of hydrogen-bond donors (Lipinski definition) is 1. The first-order chi connectivity index (χ1) is 7.65. The highest BCUT2D eigenvalue weighted by Gasteiger charge is 2.24. The van der Waals surface area contributed by atoms with E-state index in [1.807, 2.05) is 9.80 Å². The minimum Gasteiger partial charge on any atom is -0.330 e. The molecule has 0 spiro atoms. The molecule has 0 aliphatic carbocycles. The van der Waals surface area contributed by atoms with Crippen molar-refractivity contribution in [3.63, 3.8) is 0 Å². The van der Waals surface area contributed by atoms with Gasteiger partial charge < -0.3 is 15.5 Å². The SMILES string of the molecule is CC(C)CCN1CCCN(CCCN)C1=O. The van der Waals surface area contributed by atoms with Crippen LogP contribution in [0.15, 0.2) is 0 Å². The van der Waals surface area contributed by atoms with Gasteiger partial charge in [0.15, 0.2) is 0 Å². The second-order valence-corrected chi connectivity index (χ2v) is 4.93. The number of amides is 2. The number of urea groups is 1. The molecule has 16 heavy (non-hydrogen) atoms. The van der Waals surface area contributed by atoms with E-state index in [0.717, 1.165) is 45.4 Å². The molecule has 0 atom stereocenters. The van der Waals surface area contributed by atoms with Crippen molar-refractivity contribution < 1.29 is 4.79 Å². The summed E-state index contributed by atoms with van der Waals surface area (Å²) in [4.78, 5) is 16.0. The van der Waals surface area contributed by atoms with E-state index in [9.17, 15) is 4.79 Å². The number of hydrogen-bond acceptors (Lipinski definition) is 2. The lowest BCUT2D eigenvalue weighted by Gasteiger charge is -2.36. The Morgan fingerprint density at radius 2 is 1.88 bits per heavy atom. The molecule has 0 aromatic rings. The van der Waals surface area contributed by atoms with E-state index >= 15 is 0 Å². The Bertz CT molecular complexity index is 218. The van der Waals surface area contributed by atoms with E-state index in [2.05, 4.69) is 13.8 Å². The van der Waals surface area contributed by atoms with Crippen LogP contribution in [0, 0.1) is 5.92 Å². The maximum atomic E-state index is 12.1. The fourth-order valence-corrected chi connectivity index (χ4v) is 1.95. The van der Waals surface area contributed by atoms with Crippen molar-refractivity contribution in [2.45, 2.75) is 33.1 Å². The molecule has 0 aromatic carbocycles. The fourth-order valence-electron chi connectivity index (χ4n) is 1.95. The van der Waals surface area contributed by atoms with E-state index < -0.39 is 0 Å². The van der Waals surface area contributed by atoms with Gasteiger partial charge in [0.05, 0.1) is 0 Å². The van der Waals surface area contributed by atoms with Crippen molar-refractivity contribution in [2.75, 3.05) is 32.7 Å². The Morgan fingerprint density at radius 1 is 1.25 bits per heavy atom. The van der Waals surface area contributed by atoms with Gasteiger partial charge in [-0.25, -0.2) is 4.79 Å². The van der Waals surface area contributed by atoms with Crippen molar-refractivity contribution in [1.29, 1.82) is 0 Å². The molecule has 2 N–H and O–H groups in total. The molecule has 1 aliphatic rings. The van der Waals surface area contributed by atoms with E-state index in [1.165, 1.54) is 0 Å². The third kappa shape index (κ3) is 4.00. The van der Waals surface area contributed by atoms with Gasteiger partial charge in [-0.05, 0) is 31.7 Å². The molecule has 1 saturated heterocycles. The first kappa shape index (κ1) is 13.3. The third-order valence-electron chi connectivity index (χ3n) is 3.01. The normalized spacial score (nSPS) is 17.4. The van der Waals surface area contributed by atoms with Gasteiger partial charge in [0.2, 0.25) is 0 Å². The lowest BCUT2D eigenvalue weighted by Crippen LogP contribution is -2.50. The zero-order valence-corrected chi connectivity index (χ0v) is 10.6. The molecule has 2 amide bonds. The maximum absolute atomic E-state index is 12.1. The topological polar surface area (TPSA) is 49.6 Å². The van der Waals surface area contributed by atoms with Crippen LogP contribution in [0.1, 0.15) is 33.1 Å². The Morgan fingerprint density at radius 3 is 2.44 bits per heavy atom. The second-order valence-electron chi connectivity index (χ2n) is 4.93. The van der Waals surface area contributed by atoms with Gasteiger partial charge >= 0.3 is 6.03 Å². The lowest BCUT2D eigenvalue weighted by atomic mass is 10.1. The standard InChI is InChI=1S/C12H25N3O/c1-11(2)5-10-15-9-4-8-14(12(15)16)7-3-6-13/h11H,3-10,13H2,1-2H3. The minimum absolute atomic E-state index is 0.209. The average molecular weight is 227 g/mol. The van der Waals surface area contributed by atoms with E-state index in [-0.39, 0.29) is 6.03 Å². The highest BCUT2D eigenvalue weighted by Crippen LogP contribution is 2.11. The first-order valence-corrected chi connectivity index (χ1v) is 6.39. The zero-order chi connectivity index (χ0) is 12.0. The summed E-state index contributed by atoms with van der Waals surface area (Å²) >= 11 is 0. The molecule has 94 valence electrons. The average Bonchev–Trinajstić information content (AvgIpc) is 2.26. The van der Waals surface area contributed by atoms with Gasteiger partial charge in [0.1, 0.15) is 0 Å². The molecule has 1 fully saturated rings. The number of rotatable bonds is 6. The van der Waals surface area contributed by atoms with E-state index in [1.54, 1.807) is 0 Å². The van der Waals surface area contributed by atoms with Gasteiger partial charge in [-0.15, -0.1) is 0 Å². The van der Waals surface area contributed by atoms with Crippen LogP contribution in [0.25, 0.3) is 0 Å². The van der Waals surface area contributed by atoms with Crippen LogP contribution in [-0.4, -0.2) is 48.6 Å². The van der Waals surface area contributed by atoms with Crippen molar-refractivity contribution in [3.05, 3.63) is 0 Å². The van der Waals surface area contributed by atoms with Crippen LogP contribution in [0.3, 0.4) is 0 Å². The van der Waals surface area contributed by atoms with Gasteiger partial charge in [-0.1, -0.05) is 13.8 Å². The second kappa shape index (κ2) is 6.74. The predicted octanol–water partition coefficient (Wildman–Crippen LogP) is 1.51. The molecule has 1 rings (SSSR count). The molecule has 0 bridgehead atoms. The highest BCUT2D eigenvalue weighted by molar-refractivity contribution is 5.75. The van der Waals surface area contributed by atoms with Crippen molar-refractivity contribution in [1.82, 2.24) is 9.80 Å². The van der Waals surface area contributed by atoms with Crippen LogP contribution in [0.5, 0.6) is 0 Å². The molecule has 0 radical (unpaired) electrons. The van der Waals surface area contributed by atoms with Gasteiger partial charge in [0.25, 0.3) is 0 Å². The maximum Gasteiger partial charge on any atom is 0.320 e. The van der Waals surface area contributed by atoms with E-state index in [0.29, 0.717) is 12.5 Å². The highest BCUT2D eigenvalue weighted by atomic mass is 16.2. The van der Waals surface area contributed by atoms with Crippen molar-refractivity contribution in [3.8, 4) is 0 Å². The van der Waals surface area contributed by atoms with Crippen molar-refractivity contribution in [2.24, 2.45) is 11.7 Å². The van der Waals surface area contributed by atoms with Crippen LogP contribution in [-0.2, 0) is 0 Å². The summed E-state index contributed by atoms with van der Waals surface area (Å²) < 4.78 is 0. The summed E-state index contributed by atoms with van der Waals surface area (Å²) in [7, 11) is 0. The largest absolute Gasteiger partial charge is 0.330 e. The Hall–Kier alpha value is -0.770. The smallest absolute Gasteiger partial charge is 0.320 e. The van der Waals surface area contributed by atoms with Gasteiger partial charge in [-0.3, -0.25) is 0 Å². The summed E-state index contributed by atoms with van der Waals surface area (Å²) in [5.41, 5.74) is 5.47. The van der Waals surface area contributed by atoms with Crippen LogP contribution < -0.4 is 5.73 Å². The summed E-state index contributed by atoms with van der Waals surface area (Å²) in [6, 6.07) is 0.209. The summed E-state index contributed by atoms with van der Waals surface area (Å²) in [5.74, 6) is 0.659. The quantitative estimate of drug-likeness (QED) is 0.747. The van der Waals surface area contributed by atoms with Gasteiger partial charge in [0, 0.05) is 26.2 Å². The molecule has 0 saturated carbocycles. The van der Waals surface area contributed by atoms with Gasteiger partial charge in [-0.2, -0.15) is 0 Å². The van der Waals surface area contributed by atoms with Crippen LogP contribution in [0.4, 0.5) is 4.79 Å². The molecule has 1 aliphatic heterocycles. The molecule has 4 heteroatoms. The monoisotopic (exact) mass is 227 g/mol. The van der Waals surface area contributed by atoms with Crippen LogP contribution in [0.2, 0.25) is 0 Å². The minimum atomic E-state index is 0.209. The first-order valence-electron chi connectivity index (χ1n) is 6.39. The number of nitrogens with zero attached hydrogens (tertiary/aromatic N) is 2. The Kier molecular flexibility index (Phi) is 5.60. The van der Waals surface area contributed by atoms with Crippen LogP contribution >= 0.6 is 0 Å². The summed E-state index contributed by atoms with van der Waals surface area (Å²) in [5, 5.41) is 0. The molecular formula is C12H25N3O. The Balaban J connectivity index is 2.37. The molecule has 0 aromatic heterocycles. The third-order valence-corrected chi connectivity index (χ3v) is 3.01. The number of carbonyl (C=O) groups excluding carboxylic acids is 1. The molecule has 1 heterocycles. The number of carbonyl (C=O) groups is 1. The number of nitrogens with two attached hydrogens (primary N) is 1. The molecular weight excluding hydrogens is 202 g/mol. The molecule has 0 unspecified atom stereocenters. The predicted molar refractivity (Wildman–Crippen MR) is 66.3 cm³/mol. The molecule has 4 nitrogen and oxygen atoms in total. The zero-order valence-electron chi connectivity index (χ0n) is 10.6. The fraction of sp³-hybridized carbons (Fsp3) is 0.917. The lowest BCUT2D eigenvalue weighted by molar-refractivity contribution is 0.127. The van der Waals surface area contributed by atoms with E-state index in [4.69, 9.17) is 5.73 Å². The summed E-state index contributed by atoms with van der Waals surface area (Å²) in [6.07, 6.45) is 3.09. The summed E-state index contributed by atoms with van der Waals surface area (Å²) in [6.45, 7) is 8.59. The Labute approximate surface area is 98.8 Å². The van der Waals surface area contributed by atoms with Crippen molar-refractivity contribution >= 4 is 6.03 Å².